The number of imidazole rings is 1. The van der Waals surface area contributed by atoms with Gasteiger partial charge in [0.05, 0.1) is 11.9 Å². The van der Waals surface area contributed by atoms with Crippen molar-refractivity contribution in [2.45, 2.75) is 40.3 Å². The number of nitrogens with zero attached hydrogens (tertiary/aromatic N) is 4. The number of hydrogen-bond acceptors (Lipinski definition) is 4. The largest absolute Gasteiger partial charge is 0.297 e. The van der Waals surface area contributed by atoms with Gasteiger partial charge in [0.1, 0.15) is 0 Å². The Bertz CT molecular complexity index is 579. The molecule has 0 N–H and O–H groups in total. The fraction of sp³-hybridized carbons (Fsp3) is 0.600. The summed E-state index contributed by atoms with van der Waals surface area (Å²) in [5.41, 5.74) is 3.43. The smallest absolute Gasteiger partial charge is 0.234 e. The lowest BCUT2D eigenvalue weighted by molar-refractivity contribution is 0.265. The number of aromatic nitrogens is 3. The molecule has 0 aliphatic heterocycles. The zero-order chi connectivity index (χ0) is 14.7. The van der Waals surface area contributed by atoms with Gasteiger partial charge in [0.2, 0.25) is 5.78 Å². The van der Waals surface area contributed by atoms with Crippen LogP contribution in [-0.2, 0) is 6.54 Å². The van der Waals surface area contributed by atoms with Crippen LogP contribution in [0.2, 0.25) is 0 Å². The number of rotatable bonds is 6. The van der Waals surface area contributed by atoms with E-state index >= 15 is 0 Å². The molecule has 2 aromatic heterocycles. The molecular weight excluding hydrogens is 268 g/mol. The molecule has 5 heteroatoms. The third-order valence-corrected chi connectivity index (χ3v) is 4.72. The number of aryl methyl sites for hydroxylation is 2. The number of hydrogen-bond donors (Lipinski definition) is 0. The Labute approximate surface area is 125 Å². The summed E-state index contributed by atoms with van der Waals surface area (Å²) in [5.74, 6) is 3.15. The molecule has 0 aromatic carbocycles. The van der Waals surface area contributed by atoms with E-state index < -0.39 is 0 Å². The van der Waals surface area contributed by atoms with Crippen molar-refractivity contribution in [1.82, 2.24) is 19.3 Å². The minimum Gasteiger partial charge on any atom is -0.297 e. The molecule has 4 nitrogen and oxygen atoms in total. The maximum absolute atomic E-state index is 4.49. The summed E-state index contributed by atoms with van der Waals surface area (Å²) < 4.78 is 2.16. The molecule has 2 heterocycles. The van der Waals surface area contributed by atoms with Crippen LogP contribution in [0.1, 0.15) is 30.9 Å². The van der Waals surface area contributed by atoms with Crippen LogP contribution in [0, 0.1) is 13.8 Å². The number of thioether (sulfide) groups is 1. The van der Waals surface area contributed by atoms with Crippen molar-refractivity contribution in [3.8, 4) is 0 Å². The van der Waals surface area contributed by atoms with Gasteiger partial charge in [0.15, 0.2) is 0 Å². The van der Waals surface area contributed by atoms with E-state index in [-0.39, 0.29) is 0 Å². The highest BCUT2D eigenvalue weighted by atomic mass is 32.2. The van der Waals surface area contributed by atoms with E-state index in [2.05, 4.69) is 53.2 Å². The van der Waals surface area contributed by atoms with Crippen molar-refractivity contribution in [3.63, 3.8) is 0 Å². The maximum atomic E-state index is 4.49. The summed E-state index contributed by atoms with van der Waals surface area (Å²) in [7, 11) is 2.18. The van der Waals surface area contributed by atoms with Crippen LogP contribution in [0.4, 0.5) is 0 Å². The Kier molecular flexibility index (Phi) is 5.05. The molecule has 0 amide bonds. The molecule has 0 bridgehead atoms. The molecule has 0 saturated carbocycles. The van der Waals surface area contributed by atoms with Gasteiger partial charge in [-0.1, -0.05) is 6.92 Å². The van der Waals surface area contributed by atoms with Crippen LogP contribution in [-0.4, -0.2) is 43.9 Å². The van der Waals surface area contributed by atoms with Crippen LogP contribution in [0.3, 0.4) is 0 Å². The standard InChI is InChI=1S/C15H24N4S/c1-6-20-10-13(4)18(5)9-14-8-16-15-17-11(2)7-12(3)19(14)15/h7-8,13H,6,9-10H2,1-5H3/t13-/m1/s1. The molecule has 0 aliphatic carbocycles. The van der Waals surface area contributed by atoms with Gasteiger partial charge in [0.25, 0.3) is 0 Å². The first-order valence-corrected chi connectivity index (χ1v) is 8.27. The van der Waals surface area contributed by atoms with Gasteiger partial charge in [-0.25, -0.2) is 9.97 Å². The first kappa shape index (κ1) is 15.3. The topological polar surface area (TPSA) is 33.4 Å². The van der Waals surface area contributed by atoms with E-state index in [9.17, 15) is 0 Å². The van der Waals surface area contributed by atoms with Crippen molar-refractivity contribution in [2.24, 2.45) is 0 Å². The Balaban J connectivity index is 2.17. The second-order valence-electron chi connectivity index (χ2n) is 5.35. The first-order chi connectivity index (χ1) is 9.52. The highest BCUT2D eigenvalue weighted by Gasteiger charge is 2.13. The fourth-order valence-electron chi connectivity index (χ4n) is 2.33. The summed E-state index contributed by atoms with van der Waals surface area (Å²) in [6.45, 7) is 9.51. The number of fused-ring (bicyclic) bond motifs is 1. The van der Waals surface area contributed by atoms with Gasteiger partial charge in [0, 0.05) is 29.7 Å². The minimum atomic E-state index is 0.559. The summed E-state index contributed by atoms with van der Waals surface area (Å²) >= 11 is 1.99. The molecule has 0 saturated heterocycles. The van der Waals surface area contributed by atoms with Crippen molar-refractivity contribution < 1.29 is 0 Å². The van der Waals surface area contributed by atoms with E-state index in [1.54, 1.807) is 0 Å². The van der Waals surface area contributed by atoms with Gasteiger partial charge in [-0.15, -0.1) is 0 Å². The van der Waals surface area contributed by atoms with Crippen molar-refractivity contribution >= 4 is 17.5 Å². The van der Waals surface area contributed by atoms with Gasteiger partial charge in [-0.2, -0.15) is 11.8 Å². The van der Waals surface area contributed by atoms with E-state index in [0.29, 0.717) is 6.04 Å². The molecule has 0 fully saturated rings. The zero-order valence-electron chi connectivity index (χ0n) is 13.1. The summed E-state index contributed by atoms with van der Waals surface area (Å²) in [4.78, 5) is 11.3. The van der Waals surface area contributed by atoms with Crippen molar-refractivity contribution in [1.29, 1.82) is 0 Å². The van der Waals surface area contributed by atoms with Crippen LogP contribution in [0.15, 0.2) is 12.3 Å². The molecule has 0 aliphatic rings. The molecule has 110 valence electrons. The second kappa shape index (κ2) is 6.59. The van der Waals surface area contributed by atoms with Crippen LogP contribution in [0.5, 0.6) is 0 Å². The van der Waals surface area contributed by atoms with E-state index in [0.717, 1.165) is 18.0 Å². The Hall–Kier alpha value is -1.07. The SMILES string of the molecule is CCSC[C@@H](C)N(C)Cc1cnc2nc(C)cc(C)n12. The predicted octanol–water partition coefficient (Wildman–Crippen LogP) is 2.92. The lowest BCUT2D eigenvalue weighted by atomic mass is 10.3. The zero-order valence-corrected chi connectivity index (χ0v) is 13.9. The Morgan fingerprint density at radius 1 is 1.40 bits per heavy atom. The average molecular weight is 292 g/mol. The van der Waals surface area contributed by atoms with Crippen LogP contribution >= 0.6 is 11.8 Å². The monoisotopic (exact) mass is 292 g/mol. The van der Waals surface area contributed by atoms with Gasteiger partial charge < -0.3 is 0 Å². The molecular formula is C15H24N4S. The Morgan fingerprint density at radius 3 is 2.85 bits per heavy atom. The highest BCUT2D eigenvalue weighted by Crippen LogP contribution is 2.14. The summed E-state index contributed by atoms with van der Waals surface area (Å²) in [6.07, 6.45) is 1.95. The van der Waals surface area contributed by atoms with Gasteiger partial charge >= 0.3 is 0 Å². The van der Waals surface area contributed by atoms with Gasteiger partial charge in [-0.3, -0.25) is 9.30 Å². The van der Waals surface area contributed by atoms with E-state index in [1.165, 1.54) is 22.9 Å². The second-order valence-corrected chi connectivity index (χ2v) is 6.67. The molecule has 20 heavy (non-hydrogen) atoms. The quantitative estimate of drug-likeness (QED) is 0.819. The maximum Gasteiger partial charge on any atom is 0.234 e. The third kappa shape index (κ3) is 3.33. The van der Waals surface area contributed by atoms with Crippen LogP contribution < -0.4 is 0 Å². The lowest BCUT2D eigenvalue weighted by Gasteiger charge is -2.24. The lowest BCUT2D eigenvalue weighted by Crippen LogP contribution is -2.31. The first-order valence-electron chi connectivity index (χ1n) is 7.11. The molecule has 0 spiro atoms. The van der Waals surface area contributed by atoms with E-state index in [1.807, 2.05) is 24.9 Å². The normalized spacial score (nSPS) is 13.3. The highest BCUT2D eigenvalue weighted by molar-refractivity contribution is 7.99. The predicted molar refractivity (Wildman–Crippen MR) is 86.4 cm³/mol. The van der Waals surface area contributed by atoms with Crippen molar-refractivity contribution in [3.05, 3.63) is 29.3 Å². The average Bonchev–Trinajstić information content (AvgIpc) is 2.78. The third-order valence-electron chi connectivity index (χ3n) is 3.59. The fourth-order valence-corrected chi connectivity index (χ4v) is 3.17. The molecule has 2 rings (SSSR count). The summed E-state index contributed by atoms with van der Waals surface area (Å²) in [6, 6.07) is 2.67. The molecule has 0 radical (unpaired) electrons. The molecule has 2 aromatic rings. The van der Waals surface area contributed by atoms with E-state index in [4.69, 9.17) is 0 Å². The molecule has 1 atom stereocenters. The Morgan fingerprint density at radius 2 is 2.15 bits per heavy atom. The van der Waals surface area contributed by atoms with Crippen molar-refractivity contribution in [2.75, 3.05) is 18.6 Å². The minimum absolute atomic E-state index is 0.559. The molecule has 0 unspecified atom stereocenters. The van der Waals surface area contributed by atoms with Crippen LogP contribution in [0.25, 0.3) is 5.78 Å². The summed E-state index contributed by atoms with van der Waals surface area (Å²) in [5, 5.41) is 0. The van der Waals surface area contributed by atoms with Gasteiger partial charge in [-0.05, 0) is 39.6 Å².